The van der Waals surface area contributed by atoms with E-state index in [-0.39, 0.29) is 28.8 Å². The Labute approximate surface area is 201 Å². The number of rotatable bonds is 4. The third-order valence-corrected chi connectivity index (χ3v) is 11.0. The molecule has 4 aliphatic carbocycles. The number of hydrogen-bond donors (Lipinski definition) is 5. The van der Waals surface area contributed by atoms with E-state index in [4.69, 9.17) is 9.47 Å². The first-order valence-corrected chi connectivity index (χ1v) is 13.1. The molecule has 5 aliphatic rings. The molecular formula is C26H42O8. The van der Waals surface area contributed by atoms with E-state index < -0.39 is 42.9 Å². The molecule has 8 heteroatoms. The molecule has 4 saturated carbocycles. The third kappa shape index (κ3) is 3.47. The quantitative estimate of drug-likeness (QED) is 0.402. The SMILES string of the molecule is CC1(C)C(=O)CC[C@]2(C)[C@@H]1CC[C@@]13C[C@@H](CC[C@@H]12)[C@@](O)(CO[C@@H]1O[C@H](CO)[C@@H](O)[C@H](O)[C@H]1O)C3. The van der Waals surface area contributed by atoms with Crippen LogP contribution >= 0.6 is 0 Å². The highest BCUT2D eigenvalue weighted by Gasteiger charge is 2.68. The zero-order valence-corrected chi connectivity index (χ0v) is 20.7. The van der Waals surface area contributed by atoms with Crippen LogP contribution in [-0.4, -0.2) is 80.8 Å². The summed E-state index contributed by atoms with van der Waals surface area (Å²) in [6, 6.07) is 0. The first kappa shape index (κ1) is 25.1. The number of carbonyl (C=O) groups is 1. The van der Waals surface area contributed by atoms with Crippen LogP contribution in [0.5, 0.6) is 0 Å². The topological polar surface area (TPSA) is 137 Å². The minimum Gasteiger partial charge on any atom is -0.394 e. The molecule has 1 spiro atoms. The summed E-state index contributed by atoms with van der Waals surface area (Å²) < 4.78 is 11.3. The predicted molar refractivity (Wildman–Crippen MR) is 121 cm³/mol. The predicted octanol–water partition coefficient (Wildman–Crippen LogP) is 1.15. The van der Waals surface area contributed by atoms with Crippen molar-refractivity contribution in [1.82, 2.24) is 0 Å². The molecule has 0 aromatic heterocycles. The monoisotopic (exact) mass is 482 g/mol. The Morgan fingerprint density at radius 2 is 1.74 bits per heavy atom. The summed E-state index contributed by atoms with van der Waals surface area (Å²) in [5.41, 5.74) is -1.24. The van der Waals surface area contributed by atoms with Crippen LogP contribution in [0.15, 0.2) is 0 Å². The first-order chi connectivity index (χ1) is 15.9. The molecular weight excluding hydrogens is 440 g/mol. The van der Waals surface area contributed by atoms with Crippen molar-refractivity contribution in [2.24, 2.45) is 34.0 Å². The van der Waals surface area contributed by atoms with E-state index in [1.807, 2.05) is 0 Å². The molecule has 0 unspecified atom stereocenters. The van der Waals surface area contributed by atoms with Gasteiger partial charge in [-0.05, 0) is 73.5 Å². The second-order valence-corrected chi connectivity index (χ2v) is 12.9. The van der Waals surface area contributed by atoms with Gasteiger partial charge in [0.05, 0.1) is 18.8 Å². The highest BCUT2D eigenvalue weighted by atomic mass is 16.7. The van der Waals surface area contributed by atoms with Gasteiger partial charge in [-0.2, -0.15) is 0 Å². The molecule has 2 bridgehead atoms. The largest absolute Gasteiger partial charge is 0.394 e. The highest BCUT2D eigenvalue weighted by Crippen LogP contribution is 2.72. The number of carbonyl (C=O) groups excluding carboxylic acids is 1. The molecule has 0 radical (unpaired) electrons. The molecule has 1 saturated heterocycles. The molecule has 5 fully saturated rings. The maximum atomic E-state index is 12.7. The molecule has 1 aliphatic heterocycles. The third-order valence-electron chi connectivity index (χ3n) is 11.0. The maximum Gasteiger partial charge on any atom is 0.186 e. The van der Waals surface area contributed by atoms with Gasteiger partial charge >= 0.3 is 0 Å². The number of aliphatic hydroxyl groups excluding tert-OH is 4. The summed E-state index contributed by atoms with van der Waals surface area (Å²) in [6.45, 7) is 6.10. The van der Waals surface area contributed by atoms with Crippen LogP contribution in [-0.2, 0) is 14.3 Å². The molecule has 5 N–H and O–H groups in total. The average molecular weight is 483 g/mol. The van der Waals surface area contributed by atoms with Crippen LogP contribution in [0.4, 0.5) is 0 Å². The molecule has 8 nitrogen and oxygen atoms in total. The van der Waals surface area contributed by atoms with Crippen molar-refractivity contribution in [1.29, 1.82) is 0 Å². The fourth-order valence-electron chi connectivity index (χ4n) is 9.25. The molecule has 0 amide bonds. The van der Waals surface area contributed by atoms with Gasteiger partial charge in [-0.25, -0.2) is 0 Å². The van der Waals surface area contributed by atoms with E-state index in [2.05, 4.69) is 20.8 Å². The van der Waals surface area contributed by atoms with Crippen molar-refractivity contribution in [3.63, 3.8) is 0 Å². The molecule has 0 aromatic carbocycles. The highest BCUT2D eigenvalue weighted by molar-refractivity contribution is 5.85. The Morgan fingerprint density at radius 3 is 2.44 bits per heavy atom. The fraction of sp³-hybridized carbons (Fsp3) is 0.962. The Hall–Kier alpha value is -0.610. The summed E-state index contributed by atoms with van der Waals surface area (Å²) in [5, 5.41) is 51.6. The molecule has 34 heavy (non-hydrogen) atoms. The second-order valence-electron chi connectivity index (χ2n) is 12.9. The van der Waals surface area contributed by atoms with Crippen molar-refractivity contribution >= 4 is 5.78 Å². The van der Waals surface area contributed by atoms with Crippen LogP contribution in [0, 0.1) is 34.0 Å². The van der Waals surface area contributed by atoms with Gasteiger partial charge in [-0.1, -0.05) is 20.8 Å². The standard InChI is InChI=1S/C26H42O8/c1-23(2)16-6-9-25-10-14(4-5-17(25)24(16,3)8-7-18(23)28)26(32,12-25)13-33-22-21(31)20(30)19(29)15(11-27)34-22/h14-17,19-22,27,29-32H,4-13H2,1-3H3/t14-,15-,16-,17-,19-,20+,21-,22-,24-,25+,26+/m1/s1. The lowest BCUT2D eigenvalue weighted by Gasteiger charge is -2.63. The van der Waals surface area contributed by atoms with Crippen LogP contribution in [0.3, 0.4) is 0 Å². The number of Topliss-reactive ketones (excluding diaryl/α,β-unsaturated/α-hetero) is 1. The molecule has 5 rings (SSSR count). The Morgan fingerprint density at radius 1 is 1.00 bits per heavy atom. The number of hydrogen-bond acceptors (Lipinski definition) is 8. The van der Waals surface area contributed by atoms with E-state index in [1.165, 1.54) is 0 Å². The number of ketones is 1. The molecule has 11 atom stereocenters. The normalized spacial score (nSPS) is 54.4. The summed E-state index contributed by atoms with van der Waals surface area (Å²) in [6.07, 6.45) is 0.439. The lowest BCUT2D eigenvalue weighted by Crippen LogP contribution is -2.59. The Balaban J connectivity index is 1.33. The Bertz CT molecular complexity index is 815. The lowest BCUT2D eigenvalue weighted by atomic mass is 9.41. The van der Waals surface area contributed by atoms with Crippen LogP contribution in [0.1, 0.15) is 72.1 Å². The van der Waals surface area contributed by atoms with Crippen molar-refractivity contribution in [3.05, 3.63) is 0 Å². The summed E-state index contributed by atoms with van der Waals surface area (Å²) in [7, 11) is 0. The van der Waals surface area contributed by atoms with Crippen LogP contribution in [0.25, 0.3) is 0 Å². The average Bonchev–Trinajstić information content (AvgIpc) is 2.99. The van der Waals surface area contributed by atoms with E-state index in [1.54, 1.807) is 0 Å². The second kappa shape index (κ2) is 8.20. The zero-order chi connectivity index (χ0) is 24.7. The van der Waals surface area contributed by atoms with Gasteiger partial charge < -0.3 is 35.0 Å². The van der Waals surface area contributed by atoms with Crippen LogP contribution in [0.2, 0.25) is 0 Å². The molecule has 194 valence electrons. The van der Waals surface area contributed by atoms with Gasteiger partial charge in [-0.15, -0.1) is 0 Å². The summed E-state index contributed by atoms with van der Waals surface area (Å²) in [5.74, 6) is 1.30. The number of aliphatic hydroxyl groups is 5. The smallest absolute Gasteiger partial charge is 0.186 e. The molecule has 1 heterocycles. The Kier molecular flexibility index (Phi) is 6.04. The van der Waals surface area contributed by atoms with Crippen LogP contribution < -0.4 is 0 Å². The molecule has 0 aromatic rings. The fourth-order valence-corrected chi connectivity index (χ4v) is 9.25. The summed E-state index contributed by atoms with van der Waals surface area (Å²) >= 11 is 0. The van der Waals surface area contributed by atoms with E-state index in [9.17, 15) is 30.3 Å². The van der Waals surface area contributed by atoms with Gasteiger partial charge in [0, 0.05) is 11.8 Å². The van der Waals surface area contributed by atoms with Crippen molar-refractivity contribution < 1.29 is 39.8 Å². The minimum atomic E-state index is -1.50. The zero-order valence-electron chi connectivity index (χ0n) is 20.7. The van der Waals surface area contributed by atoms with Gasteiger partial charge in [0.2, 0.25) is 0 Å². The van der Waals surface area contributed by atoms with Gasteiger partial charge in [0.15, 0.2) is 6.29 Å². The van der Waals surface area contributed by atoms with E-state index >= 15 is 0 Å². The minimum absolute atomic E-state index is 0.0259. The van der Waals surface area contributed by atoms with Crippen molar-refractivity contribution in [2.45, 2.75) is 108 Å². The maximum absolute atomic E-state index is 12.7. The van der Waals surface area contributed by atoms with Gasteiger partial charge in [-0.3, -0.25) is 4.79 Å². The first-order valence-electron chi connectivity index (χ1n) is 13.1. The summed E-state index contributed by atoms with van der Waals surface area (Å²) in [4.78, 5) is 12.7. The van der Waals surface area contributed by atoms with Gasteiger partial charge in [0.25, 0.3) is 0 Å². The van der Waals surface area contributed by atoms with Crippen molar-refractivity contribution in [3.8, 4) is 0 Å². The lowest BCUT2D eigenvalue weighted by molar-refractivity contribution is -0.310. The number of ether oxygens (including phenoxy) is 2. The van der Waals surface area contributed by atoms with Crippen molar-refractivity contribution in [2.75, 3.05) is 13.2 Å². The number of fused-ring (bicyclic) bond motifs is 3. The van der Waals surface area contributed by atoms with Gasteiger partial charge in [0.1, 0.15) is 30.2 Å². The van der Waals surface area contributed by atoms with E-state index in [0.717, 1.165) is 38.5 Å². The van der Waals surface area contributed by atoms with E-state index in [0.29, 0.717) is 30.5 Å².